The summed E-state index contributed by atoms with van der Waals surface area (Å²) in [5, 5.41) is 0.698. The molecule has 5 heteroatoms. The summed E-state index contributed by atoms with van der Waals surface area (Å²) < 4.78 is 1.47. The van der Waals surface area contributed by atoms with Gasteiger partial charge in [0.2, 0.25) is 0 Å². The number of benzene rings is 3. The van der Waals surface area contributed by atoms with Crippen LogP contribution < -0.4 is 15.1 Å². The Morgan fingerprint density at radius 3 is 1.82 bits per heavy atom. The van der Waals surface area contributed by atoms with E-state index in [1.807, 2.05) is 9.80 Å². The monoisotopic (exact) mass is 491 g/mol. The van der Waals surface area contributed by atoms with Crippen LogP contribution in [0.1, 0.15) is 19.4 Å². The van der Waals surface area contributed by atoms with Crippen molar-refractivity contribution >= 4 is 55.8 Å². The fraction of sp³-hybridized carbons (Fsp3) is 0.217. The first-order valence-electron chi connectivity index (χ1n) is 9.55. The zero-order valence-corrected chi connectivity index (χ0v) is 20.6. The van der Waals surface area contributed by atoms with Crippen molar-refractivity contribution in [1.29, 1.82) is 0 Å². The van der Waals surface area contributed by atoms with Gasteiger partial charge in [-0.25, -0.2) is 0 Å². The first-order chi connectivity index (χ1) is 13.7. The molecule has 0 aromatic heterocycles. The van der Waals surface area contributed by atoms with E-state index < -0.39 is 5.24 Å². The van der Waals surface area contributed by atoms with Gasteiger partial charge in [-0.3, -0.25) is 0 Å². The zero-order valence-electron chi connectivity index (χ0n) is 16.3. The van der Waals surface area contributed by atoms with Gasteiger partial charge in [0.05, 0.1) is 0 Å². The van der Waals surface area contributed by atoms with Gasteiger partial charge in [0.25, 0.3) is 0 Å². The molecule has 0 amide bonds. The Morgan fingerprint density at radius 2 is 1.29 bits per heavy atom. The van der Waals surface area contributed by atoms with Gasteiger partial charge >= 0.3 is 185 Å². The Morgan fingerprint density at radius 1 is 0.786 bits per heavy atom. The SMILES string of the molecule is CCN(CC)Cc1ccccc1[Se]SP(=S)(c1ccccc1)c1ccccc1. The van der Waals surface area contributed by atoms with Crippen LogP contribution in [0.4, 0.5) is 0 Å². The Labute approximate surface area is 183 Å². The Kier molecular flexibility index (Phi) is 8.41. The van der Waals surface area contributed by atoms with Crippen LogP contribution in [-0.4, -0.2) is 31.8 Å². The summed E-state index contributed by atoms with van der Waals surface area (Å²) in [6, 6.07) is 30.3. The molecule has 0 aliphatic heterocycles. The summed E-state index contributed by atoms with van der Waals surface area (Å²) in [5.74, 6) is 0. The number of nitrogens with zero attached hydrogens (tertiary/aromatic N) is 1. The Hall–Kier alpha value is -0.861. The molecule has 0 atom stereocenters. The van der Waals surface area contributed by atoms with Crippen molar-refractivity contribution in [2.24, 2.45) is 0 Å². The molecule has 146 valence electrons. The van der Waals surface area contributed by atoms with Gasteiger partial charge in [-0.05, 0) is 0 Å². The molecule has 0 saturated heterocycles. The Bertz CT molecular complexity index is 871. The van der Waals surface area contributed by atoms with Crippen LogP contribution in [0.3, 0.4) is 0 Å². The van der Waals surface area contributed by atoms with E-state index in [2.05, 4.69) is 104 Å². The molecule has 0 spiro atoms. The van der Waals surface area contributed by atoms with Crippen molar-refractivity contribution in [3.8, 4) is 0 Å². The van der Waals surface area contributed by atoms with Crippen molar-refractivity contribution < 1.29 is 0 Å². The van der Waals surface area contributed by atoms with Gasteiger partial charge in [-0.2, -0.15) is 0 Å². The molecule has 0 aliphatic rings. The van der Waals surface area contributed by atoms with E-state index in [0.717, 1.165) is 19.6 Å². The van der Waals surface area contributed by atoms with E-state index in [4.69, 9.17) is 11.8 Å². The molecule has 0 radical (unpaired) electrons. The van der Waals surface area contributed by atoms with Crippen molar-refractivity contribution in [2.45, 2.75) is 20.4 Å². The molecule has 0 N–H and O–H groups in total. The molecular formula is C23H26NPS2Se. The van der Waals surface area contributed by atoms with Crippen LogP contribution >= 0.6 is 15.0 Å². The molecule has 0 aliphatic carbocycles. The molecule has 3 aromatic rings. The van der Waals surface area contributed by atoms with Crippen molar-refractivity contribution in [3.63, 3.8) is 0 Å². The van der Waals surface area contributed by atoms with Gasteiger partial charge in [0.1, 0.15) is 0 Å². The zero-order chi connectivity index (χ0) is 19.8. The van der Waals surface area contributed by atoms with Crippen LogP contribution in [0.5, 0.6) is 0 Å². The van der Waals surface area contributed by atoms with E-state index in [-0.39, 0.29) is 13.8 Å². The number of hydrogen-bond acceptors (Lipinski definition) is 3. The molecule has 0 saturated carbocycles. The van der Waals surface area contributed by atoms with Gasteiger partial charge in [0.15, 0.2) is 0 Å². The molecule has 0 heterocycles. The van der Waals surface area contributed by atoms with E-state index in [9.17, 15) is 0 Å². The average molecular weight is 491 g/mol. The van der Waals surface area contributed by atoms with Crippen molar-refractivity contribution in [1.82, 2.24) is 4.90 Å². The predicted octanol–water partition coefficient (Wildman–Crippen LogP) is 4.55. The average Bonchev–Trinajstić information content (AvgIpc) is 2.77. The molecule has 0 unspecified atom stereocenters. The van der Waals surface area contributed by atoms with Crippen LogP contribution in [0.15, 0.2) is 84.9 Å². The summed E-state index contributed by atoms with van der Waals surface area (Å²) in [6.45, 7) is 7.65. The second kappa shape index (κ2) is 10.8. The molecule has 1 nitrogen and oxygen atoms in total. The first-order valence-corrected chi connectivity index (χ1v) is 16.7. The van der Waals surface area contributed by atoms with Crippen LogP contribution in [0, 0.1) is 0 Å². The maximum atomic E-state index is 6.39. The second-order valence-corrected chi connectivity index (χ2v) is 18.1. The quantitative estimate of drug-likeness (QED) is 0.320. The second-order valence-electron chi connectivity index (χ2n) is 6.45. The third-order valence-electron chi connectivity index (χ3n) is 4.69. The molecule has 3 rings (SSSR count). The van der Waals surface area contributed by atoms with Gasteiger partial charge in [-0.1, -0.05) is 0 Å². The third kappa shape index (κ3) is 5.39. The summed E-state index contributed by atoms with van der Waals surface area (Å²) in [5.41, 5.74) is 1.45. The van der Waals surface area contributed by atoms with Crippen LogP contribution in [-0.2, 0) is 18.4 Å². The maximum absolute atomic E-state index is 6.39. The number of hydrogen-bond donors (Lipinski definition) is 0. The normalized spacial score (nSPS) is 11.7. The summed E-state index contributed by atoms with van der Waals surface area (Å²) in [7, 11) is 2.01. The van der Waals surface area contributed by atoms with Crippen LogP contribution in [0.2, 0.25) is 0 Å². The molecule has 0 fully saturated rings. The van der Waals surface area contributed by atoms with E-state index in [1.165, 1.54) is 20.6 Å². The number of rotatable bonds is 9. The summed E-state index contributed by atoms with van der Waals surface area (Å²) in [4.78, 5) is 2.48. The fourth-order valence-electron chi connectivity index (χ4n) is 2.98. The minimum absolute atomic E-state index is 0.269. The van der Waals surface area contributed by atoms with E-state index in [0.29, 0.717) is 0 Å². The van der Waals surface area contributed by atoms with Gasteiger partial charge < -0.3 is 0 Å². The molecular weight excluding hydrogens is 464 g/mol. The topological polar surface area (TPSA) is 3.24 Å². The van der Waals surface area contributed by atoms with Gasteiger partial charge in [0, 0.05) is 0 Å². The summed E-state index contributed by atoms with van der Waals surface area (Å²) in [6.07, 6.45) is 0. The minimum atomic E-state index is -1.89. The fourth-order valence-corrected chi connectivity index (χ4v) is 17.1. The van der Waals surface area contributed by atoms with E-state index in [1.54, 1.807) is 0 Å². The van der Waals surface area contributed by atoms with Crippen molar-refractivity contribution in [2.75, 3.05) is 13.1 Å². The molecule has 0 bridgehead atoms. The first kappa shape index (κ1) is 21.8. The van der Waals surface area contributed by atoms with Crippen molar-refractivity contribution in [3.05, 3.63) is 90.5 Å². The van der Waals surface area contributed by atoms with Crippen LogP contribution in [0.25, 0.3) is 0 Å². The molecule has 3 aromatic carbocycles. The predicted molar refractivity (Wildman–Crippen MR) is 132 cm³/mol. The Balaban J connectivity index is 1.89. The van der Waals surface area contributed by atoms with Gasteiger partial charge in [-0.15, -0.1) is 0 Å². The molecule has 28 heavy (non-hydrogen) atoms. The third-order valence-corrected chi connectivity index (χ3v) is 20.7. The summed E-state index contributed by atoms with van der Waals surface area (Å²) >= 11 is 6.66. The standard InChI is InChI=1S/C23H26NPS2Se/c1-3-24(4-2)19-20-13-11-12-18-23(20)28-27-25(26,21-14-7-5-8-15-21)22-16-9-6-10-17-22/h5-18H,3-4,19H2,1-2H3. The van der Waals surface area contributed by atoms with E-state index >= 15 is 0 Å².